The molecule has 0 bridgehead atoms. The number of nitrogens with zero attached hydrogens (tertiary/aromatic N) is 2. The van der Waals surface area contributed by atoms with Gasteiger partial charge < -0.3 is 10.1 Å². The van der Waals surface area contributed by atoms with Gasteiger partial charge in [0.2, 0.25) is 0 Å². The summed E-state index contributed by atoms with van der Waals surface area (Å²) in [6, 6.07) is 17.4. The molecule has 3 heteroatoms. The van der Waals surface area contributed by atoms with Crippen LogP contribution in [0.1, 0.15) is 18.1 Å². The molecule has 0 amide bonds. The zero-order valence-electron chi connectivity index (χ0n) is 13.4. The van der Waals surface area contributed by atoms with E-state index >= 15 is 0 Å². The Morgan fingerprint density at radius 2 is 1.50 bits per heavy atom. The smallest absolute Gasteiger partial charge is 0.0443 e. The molecule has 1 aliphatic heterocycles. The number of fused-ring (bicyclic) bond motifs is 2. The first-order chi connectivity index (χ1) is 10.6. The third kappa shape index (κ3) is 3.16. The third-order valence-electron chi connectivity index (χ3n) is 4.30. The molecule has 0 saturated heterocycles. The molecule has 1 unspecified atom stereocenters. The van der Waals surface area contributed by atoms with Crippen LogP contribution in [-0.4, -0.2) is 30.4 Å². The van der Waals surface area contributed by atoms with E-state index < -0.39 is 0 Å². The summed E-state index contributed by atoms with van der Waals surface area (Å²) in [6.45, 7) is 3.75. The molecule has 0 aliphatic carbocycles. The van der Waals surface area contributed by atoms with Crippen LogP contribution in [0, 0.1) is 5.92 Å². The summed E-state index contributed by atoms with van der Waals surface area (Å²) >= 11 is 0. The molecule has 0 spiro atoms. The summed E-state index contributed by atoms with van der Waals surface area (Å²) in [6.07, 6.45) is 2.16. The summed E-state index contributed by atoms with van der Waals surface area (Å²) < 4.78 is 0. The Morgan fingerprint density at radius 1 is 1.00 bits per heavy atom. The molecule has 2 aromatic carbocycles. The molecule has 1 atom stereocenters. The molecule has 116 valence electrons. The molecule has 1 N–H and O–H groups in total. The van der Waals surface area contributed by atoms with E-state index in [-0.39, 0.29) is 0 Å². The van der Waals surface area contributed by atoms with Crippen LogP contribution in [0.2, 0.25) is 0 Å². The van der Waals surface area contributed by atoms with Crippen LogP contribution in [0.4, 0.5) is 11.4 Å². The number of rotatable bonds is 4. The Morgan fingerprint density at radius 3 is 2.00 bits per heavy atom. The minimum absolute atomic E-state index is 0.370. The van der Waals surface area contributed by atoms with Gasteiger partial charge in [-0.15, -0.1) is 0 Å². The highest BCUT2D eigenvalue weighted by molar-refractivity contribution is 5.71. The van der Waals surface area contributed by atoms with Gasteiger partial charge in [-0.05, 0) is 42.0 Å². The first kappa shape index (κ1) is 15.1. The molecule has 0 radical (unpaired) electrons. The number of aryl methyl sites for hydroxylation is 2. The van der Waals surface area contributed by atoms with Crippen molar-refractivity contribution in [3.05, 3.63) is 59.7 Å². The van der Waals surface area contributed by atoms with Crippen LogP contribution in [-0.2, 0) is 12.8 Å². The summed E-state index contributed by atoms with van der Waals surface area (Å²) in [4.78, 5) is 2.42. The van der Waals surface area contributed by atoms with Gasteiger partial charge in [-0.2, -0.15) is 5.06 Å². The molecule has 1 heterocycles. The number of para-hydroxylation sites is 2. The lowest BCUT2D eigenvalue weighted by atomic mass is 10.0. The topological polar surface area (TPSA) is 26.7 Å². The van der Waals surface area contributed by atoms with Crippen molar-refractivity contribution < 1.29 is 5.21 Å². The van der Waals surface area contributed by atoms with E-state index in [1.807, 2.05) is 0 Å². The largest absolute Gasteiger partial charge is 0.341 e. The maximum Gasteiger partial charge on any atom is 0.0443 e. The average molecular weight is 296 g/mol. The van der Waals surface area contributed by atoms with Crippen LogP contribution in [0.25, 0.3) is 0 Å². The Labute approximate surface area is 132 Å². The molecule has 2 aromatic rings. The molecule has 3 nitrogen and oxygen atoms in total. The van der Waals surface area contributed by atoms with Gasteiger partial charge in [0.1, 0.15) is 0 Å². The maximum absolute atomic E-state index is 9.51. The highest BCUT2D eigenvalue weighted by Gasteiger charge is 2.21. The van der Waals surface area contributed by atoms with Gasteiger partial charge in [-0.3, -0.25) is 0 Å². The fourth-order valence-electron chi connectivity index (χ4n) is 3.39. The van der Waals surface area contributed by atoms with Gasteiger partial charge >= 0.3 is 0 Å². The highest BCUT2D eigenvalue weighted by Crippen LogP contribution is 2.36. The zero-order chi connectivity index (χ0) is 15.5. The monoisotopic (exact) mass is 296 g/mol. The Bertz CT molecular complexity index is 591. The summed E-state index contributed by atoms with van der Waals surface area (Å²) in [5, 5.41) is 10.8. The fraction of sp³-hybridized carbons (Fsp3) is 0.368. The third-order valence-corrected chi connectivity index (χ3v) is 4.30. The number of hydrogen-bond donors (Lipinski definition) is 1. The van der Waals surface area contributed by atoms with Crippen LogP contribution < -0.4 is 4.90 Å². The highest BCUT2D eigenvalue weighted by atomic mass is 16.5. The van der Waals surface area contributed by atoms with E-state index in [1.54, 1.807) is 7.05 Å². The summed E-state index contributed by atoms with van der Waals surface area (Å²) in [7, 11) is 1.71. The first-order valence-electron chi connectivity index (χ1n) is 7.98. The number of anilines is 2. The minimum atomic E-state index is 0.370. The molecule has 1 aliphatic rings. The van der Waals surface area contributed by atoms with Gasteiger partial charge in [0.25, 0.3) is 0 Å². The zero-order valence-corrected chi connectivity index (χ0v) is 13.4. The van der Waals surface area contributed by atoms with Crippen molar-refractivity contribution in [3.8, 4) is 0 Å². The van der Waals surface area contributed by atoms with Crippen molar-refractivity contribution >= 4 is 11.4 Å². The van der Waals surface area contributed by atoms with Crippen LogP contribution >= 0.6 is 0 Å². The molecule has 0 saturated carbocycles. The summed E-state index contributed by atoms with van der Waals surface area (Å²) in [5.74, 6) is 0.370. The number of hydrogen-bond acceptors (Lipinski definition) is 3. The molecular weight excluding hydrogens is 272 g/mol. The minimum Gasteiger partial charge on any atom is -0.341 e. The Hall–Kier alpha value is -1.84. The van der Waals surface area contributed by atoms with Crippen molar-refractivity contribution in [1.82, 2.24) is 5.06 Å². The predicted octanol–water partition coefficient (Wildman–Crippen LogP) is 3.88. The first-order valence-corrected chi connectivity index (χ1v) is 7.98. The second kappa shape index (κ2) is 6.51. The Balaban J connectivity index is 1.99. The molecular formula is C19H24N2O. The lowest BCUT2D eigenvalue weighted by Crippen LogP contribution is -2.31. The van der Waals surface area contributed by atoms with Gasteiger partial charge in [0.05, 0.1) is 0 Å². The SMILES string of the molecule is CC(CN(C)O)CN1c2ccccc2CCc2ccccc21. The van der Waals surface area contributed by atoms with Crippen LogP contribution in [0.15, 0.2) is 48.5 Å². The van der Waals surface area contributed by atoms with Crippen molar-refractivity contribution in [2.24, 2.45) is 5.92 Å². The lowest BCUT2D eigenvalue weighted by Gasteiger charge is -2.30. The second-order valence-electron chi connectivity index (χ2n) is 6.31. The quantitative estimate of drug-likeness (QED) is 0.867. The van der Waals surface area contributed by atoms with Crippen molar-refractivity contribution in [1.29, 1.82) is 0 Å². The molecule has 0 fully saturated rings. The van der Waals surface area contributed by atoms with Gasteiger partial charge in [0.15, 0.2) is 0 Å². The van der Waals surface area contributed by atoms with E-state index in [2.05, 4.69) is 60.4 Å². The maximum atomic E-state index is 9.51. The second-order valence-corrected chi connectivity index (χ2v) is 6.31. The number of benzene rings is 2. The van der Waals surface area contributed by atoms with E-state index in [9.17, 15) is 5.21 Å². The van der Waals surface area contributed by atoms with Crippen LogP contribution in [0.3, 0.4) is 0 Å². The van der Waals surface area contributed by atoms with Gasteiger partial charge in [-0.1, -0.05) is 43.3 Å². The fourth-order valence-corrected chi connectivity index (χ4v) is 3.39. The molecule has 0 aromatic heterocycles. The van der Waals surface area contributed by atoms with Crippen molar-refractivity contribution in [2.45, 2.75) is 19.8 Å². The normalized spacial score (nSPS) is 15.2. The lowest BCUT2D eigenvalue weighted by molar-refractivity contribution is -0.0736. The molecule has 22 heavy (non-hydrogen) atoms. The van der Waals surface area contributed by atoms with E-state index in [0.29, 0.717) is 12.5 Å². The van der Waals surface area contributed by atoms with Crippen molar-refractivity contribution in [2.75, 3.05) is 25.0 Å². The van der Waals surface area contributed by atoms with Gasteiger partial charge in [0, 0.05) is 31.5 Å². The van der Waals surface area contributed by atoms with Crippen molar-refractivity contribution in [3.63, 3.8) is 0 Å². The predicted molar refractivity (Wildman–Crippen MR) is 90.9 cm³/mol. The standard InChI is InChI=1S/C19H24N2O/c1-15(13-20(2)22)14-21-18-9-5-3-7-16(18)11-12-17-8-4-6-10-19(17)21/h3-10,15,22H,11-14H2,1-2H3. The van der Waals surface area contributed by atoms with Gasteiger partial charge in [-0.25, -0.2) is 0 Å². The average Bonchev–Trinajstić information content (AvgIpc) is 2.65. The molecule has 3 rings (SSSR count). The summed E-state index contributed by atoms with van der Waals surface area (Å²) in [5.41, 5.74) is 5.42. The van der Waals surface area contributed by atoms with E-state index in [0.717, 1.165) is 19.4 Å². The number of hydroxylamine groups is 2. The van der Waals surface area contributed by atoms with Crippen LogP contribution in [0.5, 0.6) is 0 Å². The Kier molecular flexibility index (Phi) is 4.46. The van der Waals surface area contributed by atoms with E-state index in [4.69, 9.17) is 0 Å². The van der Waals surface area contributed by atoms with E-state index in [1.165, 1.54) is 27.6 Å².